The lowest BCUT2D eigenvalue weighted by Gasteiger charge is -2.11. The number of carbonyl (C=O) groups is 1. The highest BCUT2D eigenvalue weighted by Gasteiger charge is 2.11. The second-order valence-corrected chi connectivity index (χ2v) is 8.97. The number of hydrogen-bond acceptors (Lipinski definition) is 3. The smallest absolute Gasteiger partial charge is 0.266 e. The topological polar surface area (TPSA) is 62.1 Å². The van der Waals surface area contributed by atoms with Gasteiger partial charge in [-0.1, -0.05) is 66.2 Å². The number of hydrogen-bond donors (Lipinski definition) is 1. The lowest BCUT2D eigenvalue weighted by Crippen LogP contribution is -2.13. The van der Waals surface area contributed by atoms with Crippen LogP contribution >= 0.6 is 27.5 Å². The van der Waals surface area contributed by atoms with Gasteiger partial charge in [0.15, 0.2) is 0 Å². The Morgan fingerprint density at radius 3 is 2.65 bits per heavy atom. The molecule has 34 heavy (non-hydrogen) atoms. The number of halogens is 2. The van der Waals surface area contributed by atoms with Gasteiger partial charge in [-0.25, -0.2) is 0 Å². The maximum atomic E-state index is 12.6. The number of amides is 1. The second kappa shape index (κ2) is 10.6. The Hall–Kier alpha value is -3.59. The Morgan fingerprint density at radius 1 is 1.09 bits per heavy atom. The summed E-state index contributed by atoms with van der Waals surface area (Å²) in [5.41, 5.74) is 3.20. The highest BCUT2D eigenvalue weighted by atomic mass is 79.9. The van der Waals surface area contributed by atoms with Gasteiger partial charge in [0.2, 0.25) is 0 Å². The normalized spacial score (nSPS) is 11.2. The van der Waals surface area contributed by atoms with Crippen LogP contribution in [0.3, 0.4) is 0 Å². The van der Waals surface area contributed by atoms with E-state index in [1.54, 1.807) is 18.2 Å². The molecule has 168 valence electrons. The molecule has 4 rings (SSSR count). The molecular formula is C28H20BrClN2O2. The molecule has 0 bridgehead atoms. The fourth-order valence-electron chi connectivity index (χ4n) is 3.48. The molecule has 0 saturated carbocycles. The predicted octanol–water partition coefficient (Wildman–Crippen LogP) is 7.69. The van der Waals surface area contributed by atoms with E-state index in [2.05, 4.69) is 39.4 Å². The number of aryl methyl sites for hydroxylation is 1. The molecule has 0 spiro atoms. The van der Waals surface area contributed by atoms with Crippen molar-refractivity contribution in [2.75, 3.05) is 5.32 Å². The minimum Gasteiger partial charge on any atom is -0.488 e. The van der Waals surface area contributed by atoms with Crippen LogP contribution in [-0.2, 0) is 11.4 Å². The van der Waals surface area contributed by atoms with E-state index in [9.17, 15) is 10.1 Å². The van der Waals surface area contributed by atoms with Gasteiger partial charge in [-0.15, -0.1) is 0 Å². The summed E-state index contributed by atoms with van der Waals surface area (Å²) >= 11 is 9.65. The minimum atomic E-state index is -0.505. The Morgan fingerprint density at radius 2 is 1.88 bits per heavy atom. The molecule has 1 N–H and O–H groups in total. The van der Waals surface area contributed by atoms with Gasteiger partial charge in [0.1, 0.15) is 24.0 Å². The number of nitriles is 1. The fraction of sp³-hybridized carbons (Fsp3) is 0.0714. The van der Waals surface area contributed by atoms with Crippen LogP contribution in [-0.4, -0.2) is 5.91 Å². The van der Waals surface area contributed by atoms with Gasteiger partial charge in [0.25, 0.3) is 5.91 Å². The molecule has 0 heterocycles. The Bertz CT molecular complexity index is 1450. The summed E-state index contributed by atoms with van der Waals surface area (Å²) in [7, 11) is 0. The summed E-state index contributed by atoms with van der Waals surface area (Å²) in [6, 6.07) is 26.9. The zero-order valence-corrected chi connectivity index (χ0v) is 20.7. The molecule has 0 aliphatic rings. The van der Waals surface area contributed by atoms with E-state index >= 15 is 0 Å². The van der Waals surface area contributed by atoms with Crippen molar-refractivity contribution >= 4 is 56.0 Å². The highest BCUT2D eigenvalue weighted by Crippen LogP contribution is 2.29. The zero-order valence-electron chi connectivity index (χ0n) is 18.3. The number of anilines is 1. The van der Waals surface area contributed by atoms with Crippen LogP contribution in [0.4, 0.5) is 5.69 Å². The van der Waals surface area contributed by atoms with Crippen LogP contribution in [0.2, 0.25) is 5.02 Å². The maximum Gasteiger partial charge on any atom is 0.266 e. The Balaban J connectivity index is 1.48. The van der Waals surface area contributed by atoms with E-state index in [4.69, 9.17) is 16.3 Å². The van der Waals surface area contributed by atoms with Gasteiger partial charge in [-0.3, -0.25) is 4.79 Å². The molecule has 0 aromatic heterocycles. The summed E-state index contributed by atoms with van der Waals surface area (Å²) in [6.45, 7) is 2.29. The van der Waals surface area contributed by atoms with Crippen molar-refractivity contribution < 1.29 is 9.53 Å². The third kappa shape index (κ3) is 5.48. The summed E-state index contributed by atoms with van der Waals surface area (Å²) in [6.07, 6.45) is 1.53. The van der Waals surface area contributed by atoms with Crippen molar-refractivity contribution in [1.29, 1.82) is 5.26 Å². The van der Waals surface area contributed by atoms with Crippen LogP contribution in [0, 0.1) is 18.3 Å². The molecule has 0 aliphatic carbocycles. The first kappa shape index (κ1) is 23.6. The van der Waals surface area contributed by atoms with E-state index in [1.807, 2.05) is 55.5 Å². The van der Waals surface area contributed by atoms with Crippen LogP contribution < -0.4 is 10.1 Å². The Kier molecular flexibility index (Phi) is 7.32. The van der Waals surface area contributed by atoms with Crippen molar-refractivity contribution in [3.63, 3.8) is 0 Å². The third-order valence-corrected chi connectivity index (χ3v) is 6.35. The van der Waals surface area contributed by atoms with Crippen LogP contribution in [0.1, 0.15) is 16.7 Å². The average molecular weight is 532 g/mol. The number of nitrogens with zero attached hydrogens (tertiary/aromatic N) is 1. The number of ether oxygens (including phenoxy) is 1. The lowest BCUT2D eigenvalue weighted by atomic mass is 10.1. The molecule has 0 radical (unpaired) electrons. The van der Waals surface area contributed by atoms with Gasteiger partial charge in [0.05, 0.1) is 4.47 Å². The molecule has 0 unspecified atom stereocenters. The first-order valence-corrected chi connectivity index (χ1v) is 11.7. The van der Waals surface area contributed by atoms with Crippen LogP contribution in [0.5, 0.6) is 5.75 Å². The van der Waals surface area contributed by atoms with Gasteiger partial charge < -0.3 is 10.1 Å². The molecule has 0 aliphatic heterocycles. The fourth-order valence-corrected chi connectivity index (χ4v) is 4.17. The standard InChI is InChI=1S/C28H20BrClN2O2/c1-18-9-11-23(15-26(18)30)32-28(33)22(16-31)13-19-10-12-27(25(29)14-19)34-17-21-7-4-6-20-5-2-3-8-24(20)21/h2-15H,17H2,1H3,(H,32,33)/b22-13+. The molecule has 4 aromatic carbocycles. The van der Waals surface area contributed by atoms with Gasteiger partial charge in [-0.2, -0.15) is 5.26 Å². The summed E-state index contributed by atoms with van der Waals surface area (Å²) in [5.74, 6) is 0.164. The minimum absolute atomic E-state index is 0.0204. The monoisotopic (exact) mass is 530 g/mol. The van der Waals surface area contributed by atoms with Crippen LogP contribution in [0.25, 0.3) is 16.8 Å². The molecule has 0 atom stereocenters. The molecule has 4 aromatic rings. The van der Waals surface area contributed by atoms with Crippen molar-refractivity contribution in [3.8, 4) is 11.8 Å². The third-order valence-electron chi connectivity index (χ3n) is 5.32. The number of benzene rings is 4. The summed E-state index contributed by atoms with van der Waals surface area (Å²) in [5, 5.41) is 15.1. The second-order valence-electron chi connectivity index (χ2n) is 7.70. The van der Waals surface area contributed by atoms with E-state index in [0.29, 0.717) is 28.6 Å². The molecule has 0 saturated heterocycles. The van der Waals surface area contributed by atoms with Crippen molar-refractivity contribution in [2.24, 2.45) is 0 Å². The molecule has 6 heteroatoms. The number of carbonyl (C=O) groups excluding carboxylic acids is 1. The lowest BCUT2D eigenvalue weighted by molar-refractivity contribution is -0.112. The zero-order chi connectivity index (χ0) is 24.1. The van der Waals surface area contributed by atoms with E-state index in [0.717, 1.165) is 21.0 Å². The van der Waals surface area contributed by atoms with Gasteiger partial charge >= 0.3 is 0 Å². The van der Waals surface area contributed by atoms with Crippen molar-refractivity contribution in [3.05, 3.63) is 111 Å². The SMILES string of the molecule is Cc1ccc(NC(=O)/C(C#N)=C/c2ccc(OCc3cccc4ccccc34)c(Br)c2)cc1Cl. The van der Waals surface area contributed by atoms with Gasteiger partial charge in [-0.05, 0) is 80.7 Å². The quantitative estimate of drug-likeness (QED) is 0.205. The first-order valence-electron chi connectivity index (χ1n) is 10.5. The van der Waals surface area contributed by atoms with Crippen molar-refractivity contribution in [1.82, 2.24) is 0 Å². The van der Waals surface area contributed by atoms with Crippen LogP contribution in [0.15, 0.2) is 88.9 Å². The molecule has 4 nitrogen and oxygen atoms in total. The molecule has 1 amide bonds. The van der Waals surface area contributed by atoms with E-state index in [-0.39, 0.29) is 5.57 Å². The average Bonchev–Trinajstić information content (AvgIpc) is 2.84. The number of fused-ring (bicyclic) bond motifs is 1. The predicted molar refractivity (Wildman–Crippen MR) is 141 cm³/mol. The summed E-state index contributed by atoms with van der Waals surface area (Å²) in [4.78, 5) is 12.6. The Labute approximate surface area is 211 Å². The largest absolute Gasteiger partial charge is 0.488 e. The van der Waals surface area contributed by atoms with Gasteiger partial charge in [0, 0.05) is 10.7 Å². The first-order chi connectivity index (χ1) is 16.4. The maximum absolute atomic E-state index is 12.6. The van der Waals surface area contributed by atoms with E-state index in [1.165, 1.54) is 11.5 Å². The van der Waals surface area contributed by atoms with E-state index < -0.39 is 5.91 Å². The molecule has 0 fully saturated rings. The summed E-state index contributed by atoms with van der Waals surface area (Å²) < 4.78 is 6.77. The highest BCUT2D eigenvalue weighted by molar-refractivity contribution is 9.10. The number of nitrogens with one attached hydrogen (secondary N) is 1. The molecular weight excluding hydrogens is 512 g/mol. The number of rotatable bonds is 6. The van der Waals surface area contributed by atoms with Crippen molar-refractivity contribution in [2.45, 2.75) is 13.5 Å².